The molecule has 0 saturated carbocycles. The van der Waals surface area contributed by atoms with Gasteiger partial charge in [0, 0.05) is 71.2 Å². The third-order valence-electron chi connectivity index (χ3n) is 27.4. The lowest BCUT2D eigenvalue weighted by Gasteiger charge is -2.32. The Bertz CT molecular complexity index is 9010. The fraction of sp³-hybridized carbons (Fsp3) is 0.0500. The monoisotopic (exact) mass is 1740 g/mol. The van der Waals surface area contributed by atoms with Crippen molar-refractivity contribution in [3.63, 3.8) is 0 Å². The Morgan fingerprint density at radius 2 is 0.448 bits per heavy atom. The van der Waals surface area contributed by atoms with Gasteiger partial charge in [0.2, 0.25) is 17.2 Å². The SMILES string of the molecule is CC1(C)OB(c2cccc(-n3c4ccccc4c4ccccc43)c2)OC1(C)C.Clc1nc(-c2cccc(-c3ccc4c5ccccc5c5ccccc5c4c3)c2)nc(-n2c3ccccc3c3ccccc32)n1.c1cc(-c2ccc3c4ccccc4c4ccccc4c3c2)cc(-c2nc(-c3cccc(-n4c5ccccc5c5ccccc54)c3)nc(-n3c4ccccc4c4ccccc43)n2)c1. The van der Waals surface area contributed by atoms with E-state index in [1.54, 1.807) is 0 Å². The van der Waals surface area contributed by atoms with Gasteiger partial charge >= 0.3 is 7.12 Å². The average Bonchev–Trinajstić information content (AvgIpc) is 1.09. The zero-order chi connectivity index (χ0) is 89.4. The molecule has 1 aliphatic heterocycles. The molecular weight excluding hydrogens is 1660 g/mol. The Kier molecular flexibility index (Phi) is 19.0. The van der Waals surface area contributed by atoms with Crippen LogP contribution in [0.2, 0.25) is 5.28 Å². The molecule has 0 unspecified atom stereocenters. The molecule has 1 saturated heterocycles. The lowest BCUT2D eigenvalue weighted by molar-refractivity contribution is 0.00578. The highest BCUT2D eigenvalue weighted by Gasteiger charge is 2.52. The third kappa shape index (κ3) is 13.4. The summed E-state index contributed by atoms with van der Waals surface area (Å²) in [5.74, 6) is 2.80. The summed E-state index contributed by atoms with van der Waals surface area (Å²) in [6, 6.07) is 150. The molecule has 14 heteroatoms. The normalized spacial score (nSPS) is 13.2. The fourth-order valence-corrected chi connectivity index (χ4v) is 20.5. The van der Waals surface area contributed by atoms with E-state index in [2.05, 4.69) is 456 Å². The Hall–Kier alpha value is -16.5. The number of hydrogen-bond acceptors (Lipinski definition) is 8. The van der Waals surface area contributed by atoms with Crippen molar-refractivity contribution in [1.82, 2.24) is 48.2 Å². The van der Waals surface area contributed by atoms with Crippen LogP contribution in [0.4, 0.5) is 0 Å². The van der Waals surface area contributed by atoms with Gasteiger partial charge in [0.1, 0.15) is 0 Å². The minimum absolute atomic E-state index is 0.154. The zero-order valence-corrected chi connectivity index (χ0v) is 74.4. The van der Waals surface area contributed by atoms with Crippen LogP contribution in [0, 0.1) is 0 Å². The standard InChI is InChI=1S/C57H35N5.C39H23ClN4.C24H24BNO2/c1-2-21-43-41(19-1)42-20-3-4-22-44(42)50-35-37(31-32-45(43)50)36-15-13-16-38(33-36)55-58-56(60-57(59-55)62-53-29-11-7-25-48(53)49-26-8-12-30-54(49)62)39-17-14-18-40(34-39)61-51-27-9-5-23-46(51)47-24-6-10-28-52(47)61;40-38-41-37(42-39(43-38)44-35-18-7-5-16-32(35)33-17-6-8-19-36(33)44)26-11-9-10-24(22-26)25-20-21-31-29-14-2-1-12-27(29)28-13-3-4-15-30(28)34(31)23-25;1-23(2)24(3,4)28-25(27-23)17-10-9-11-18(16-17)26-21-14-7-5-12-19(21)20-13-6-8-15-22(20)26/h1-35H;1-23H;5-16H,1-4H3. The van der Waals surface area contributed by atoms with E-state index in [1.165, 1.54) is 97.2 Å². The lowest BCUT2D eigenvalue weighted by Crippen LogP contribution is -2.41. The molecule has 634 valence electrons. The number of para-hydroxylation sites is 8. The van der Waals surface area contributed by atoms with Crippen LogP contribution >= 0.6 is 11.6 Å². The molecule has 134 heavy (non-hydrogen) atoms. The molecule has 7 heterocycles. The summed E-state index contributed by atoms with van der Waals surface area (Å²) in [6.45, 7) is 8.35. The molecule has 1 fully saturated rings. The van der Waals surface area contributed by atoms with Gasteiger partial charge in [-0.1, -0.05) is 328 Å². The highest BCUT2D eigenvalue weighted by molar-refractivity contribution is 6.62. The summed E-state index contributed by atoms with van der Waals surface area (Å²) in [5, 5.41) is 24.8. The van der Waals surface area contributed by atoms with Crippen molar-refractivity contribution in [2.24, 2.45) is 0 Å². The summed E-state index contributed by atoms with van der Waals surface area (Å²) < 4.78 is 21.4. The number of halogens is 1. The Labute approximate surface area is 776 Å². The molecule has 26 aromatic rings. The summed E-state index contributed by atoms with van der Waals surface area (Å²) in [6.07, 6.45) is 0. The van der Waals surface area contributed by atoms with Crippen LogP contribution in [0.3, 0.4) is 0 Å². The van der Waals surface area contributed by atoms with Gasteiger partial charge < -0.3 is 18.4 Å². The first kappa shape index (κ1) is 79.6. The van der Waals surface area contributed by atoms with Crippen molar-refractivity contribution in [2.45, 2.75) is 38.9 Å². The quantitative estimate of drug-likeness (QED) is 0.0982. The minimum Gasteiger partial charge on any atom is -0.399 e. The van der Waals surface area contributed by atoms with Gasteiger partial charge in [0.05, 0.1) is 55.3 Å². The summed E-state index contributed by atoms with van der Waals surface area (Å²) in [7, 11) is -0.363. The third-order valence-corrected chi connectivity index (χ3v) is 27.5. The van der Waals surface area contributed by atoms with Crippen LogP contribution in [0.1, 0.15) is 27.7 Å². The molecule has 0 N–H and O–H groups in total. The Balaban J connectivity index is 0.000000116. The first-order valence-electron chi connectivity index (χ1n) is 45.4. The molecule has 0 atom stereocenters. The van der Waals surface area contributed by atoms with E-state index in [-0.39, 0.29) is 23.6 Å². The maximum atomic E-state index is 6.57. The van der Waals surface area contributed by atoms with Crippen LogP contribution in [0.5, 0.6) is 0 Å². The van der Waals surface area contributed by atoms with E-state index < -0.39 is 0 Å². The first-order chi connectivity index (χ1) is 65.8. The van der Waals surface area contributed by atoms with E-state index >= 15 is 0 Å². The van der Waals surface area contributed by atoms with Crippen LogP contribution < -0.4 is 5.46 Å². The van der Waals surface area contributed by atoms with Crippen LogP contribution in [0.15, 0.2) is 425 Å². The van der Waals surface area contributed by atoms with Crippen LogP contribution in [-0.4, -0.2) is 66.5 Å². The van der Waals surface area contributed by atoms with Crippen molar-refractivity contribution in [1.29, 1.82) is 0 Å². The van der Waals surface area contributed by atoms with E-state index in [1.807, 2.05) is 24.3 Å². The molecule has 6 aromatic heterocycles. The zero-order valence-electron chi connectivity index (χ0n) is 73.7. The molecule has 27 rings (SSSR count). The van der Waals surface area contributed by atoms with E-state index in [0.717, 1.165) is 110 Å². The maximum absolute atomic E-state index is 6.57. The molecule has 0 amide bonds. The topological polar surface area (TPSA) is 116 Å². The molecule has 0 bridgehead atoms. The summed E-state index contributed by atoms with van der Waals surface area (Å²) in [5.41, 5.74) is 18.5. The van der Waals surface area contributed by atoms with Crippen molar-refractivity contribution in [3.8, 4) is 79.7 Å². The molecule has 0 spiro atoms. The van der Waals surface area contributed by atoms with Crippen LogP contribution in [-0.2, 0) is 9.31 Å². The molecule has 12 nitrogen and oxygen atoms in total. The second-order valence-electron chi connectivity index (χ2n) is 35.6. The van der Waals surface area contributed by atoms with E-state index in [4.69, 9.17) is 40.8 Å². The highest BCUT2D eigenvalue weighted by atomic mass is 35.5. The largest absolute Gasteiger partial charge is 0.494 e. The van der Waals surface area contributed by atoms with Crippen molar-refractivity contribution in [3.05, 3.63) is 430 Å². The highest BCUT2D eigenvalue weighted by Crippen LogP contribution is 2.45. The molecule has 0 radical (unpaired) electrons. The maximum Gasteiger partial charge on any atom is 0.494 e. The number of hydrogen-bond donors (Lipinski definition) is 0. The average molecular weight is 1740 g/mol. The molecule has 20 aromatic carbocycles. The van der Waals surface area contributed by atoms with Gasteiger partial charge in [-0.05, 0) is 229 Å². The predicted molar refractivity (Wildman–Crippen MR) is 556 cm³/mol. The second-order valence-corrected chi connectivity index (χ2v) is 35.9. The van der Waals surface area contributed by atoms with E-state index in [9.17, 15) is 0 Å². The first-order valence-corrected chi connectivity index (χ1v) is 45.8. The minimum atomic E-state index is -0.363. The predicted octanol–water partition coefficient (Wildman–Crippen LogP) is 30.0. The second kappa shape index (κ2) is 31.9. The van der Waals surface area contributed by atoms with Gasteiger partial charge in [0.15, 0.2) is 17.5 Å². The number of rotatable bonds is 10. The van der Waals surface area contributed by atoms with Crippen LogP contribution in [0.25, 0.3) is 232 Å². The van der Waals surface area contributed by atoms with Gasteiger partial charge in [0.25, 0.3) is 0 Å². The number of fused-ring (bicyclic) bond motifs is 24. The van der Waals surface area contributed by atoms with Gasteiger partial charge in [-0.2, -0.15) is 24.9 Å². The smallest absolute Gasteiger partial charge is 0.399 e. The molecule has 1 aliphatic rings. The Morgan fingerprint density at radius 3 is 0.791 bits per heavy atom. The number of aromatic nitrogens is 10. The summed E-state index contributed by atoms with van der Waals surface area (Å²) in [4.78, 5) is 30.0. The number of nitrogens with zero attached hydrogens (tertiary/aromatic N) is 10. The number of benzene rings is 20. The Morgan fingerprint density at radius 1 is 0.201 bits per heavy atom. The van der Waals surface area contributed by atoms with Gasteiger partial charge in [-0.15, -0.1) is 0 Å². The fourth-order valence-electron chi connectivity index (χ4n) is 20.4. The molecule has 0 aliphatic carbocycles. The van der Waals surface area contributed by atoms with Crippen molar-refractivity contribution in [2.75, 3.05) is 0 Å². The van der Waals surface area contributed by atoms with E-state index in [0.29, 0.717) is 29.4 Å². The van der Waals surface area contributed by atoms with Gasteiger partial charge in [-0.25, -0.2) is 4.98 Å². The van der Waals surface area contributed by atoms with Gasteiger partial charge in [-0.3, -0.25) is 9.13 Å². The molecular formula is C120H82BClN10O2. The lowest BCUT2D eigenvalue weighted by atomic mass is 9.79. The summed E-state index contributed by atoms with van der Waals surface area (Å²) >= 11 is 6.57. The van der Waals surface area contributed by atoms with Crippen molar-refractivity contribution < 1.29 is 9.31 Å². The van der Waals surface area contributed by atoms with Crippen molar-refractivity contribution >= 4 is 176 Å².